The molecule has 0 atom stereocenters. The SMILES string of the molecule is Cc1ccc(-c2nnc(CNC(=O)C3(c4ccc(F)cc4)CCCC3)o2)s1. The molecule has 4 rings (SSSR count). The van der Waals surface area contributed by atoms with Crippen molar-refractivity contribution in [3.05, 3.63) is 58.5 Å². The Kier molecular flexibility index (Phi) is 4.78. The summed E-state index contributed by atoms with van der Waals surface area (Å²) < 4.78 is 19.0. The average molecular weight is 385 g/mol. The molecule has 1 amide bonds. The second-order valence-corrected chi connectivity index (χ2v) is 8.18. The third-order valence-corrected chi connectivity index (χ3v) is 6.10. The molecular weight excluding hydrogens is 365 g/mol. The molecular formula is C20H20FN3O2S. The van der Waals surface area contributed by atoms with Crippen LogP contribution in [0.2, 0.25) is 0 Å². The number of hydrogen-bond acceptors (Lipinski definition) is 5. The van der Waals surface area contributed by atoms with E-state index in [9.17, 15) is 9.18 Å². The fourth-order valence-corrected chi connectivity index (χ4v) is 4.48. The first-order chi connectivity index (χ1) is 13.1. The lowest BCUT2D eigenvalue weighted by molar-refractivity contribution is -0.126. The van der Waals surface area contributed by atoms with Crippen LogP contribution in [0.25, 0.3) is 10.8 Å². The lowest BCUT2D eigenvalue weighted by Gasteiger charge is -2.28. The van der Waals surface area contributed by atoms with Gasteiger partial charge in [-0.3, -0.25) is 4.79 Å². The first kappa shape index (κ1) is 17.9. The van der Waals surface area contributed by atoms with E-state index in [0.29, 0.717) is 11.8 Å². The van der Waals surface area contributed by atoms with Crippen LogP contribution in [0.15, 0.2) is 40.8 Å². The third-order valence-electron chi connectivity index (χ3n) is 5.11. The minimum absolute atomic E-state index is 0.0710. The number of nitrogens with zero attached hydrogens (tertiary/aromatic N) is 2. The highest BCUT2D eigenvalue weighted by Crippen LogP contribution is 2.41. The fourth-order valence-electron chi connectivity index (χ4n) is 3.69. The first-order valence-corrected chi connectivity index (χ1v) is 9.82. The summed E-state index contributed by atoms with van der Waals surface area (Å²) in [6, 6.07) is 10.2. The van der Waals surface area contributed by atoms with Crippen LogP contribution in [-0.2, 0) is 16.8 Å². The molecule has 7 heteroatoms. The predicted octanol–water partition coefficient (Wildman–Crippen LogP) is 4.37. The molecule has 0 spiro atoms. The molecule has 1 aliphatic rings. The van der Waals surface area contributed by atoms with Crippen LogP contribution >= 0.6 is 11.3 Å². The van der Waals surface area contributed by atoms with Crippen LogP contribution in [0.5, 0.6) is 0 Å². The van der Waals surface area contributed by atoms with Gasteiger partial charge < -0.3 is 9.73 Å². The van der Waals surface area contributed by atoms with Gasteiger partial charge in [-0.15, -0.1) is 21.5 Å². The molecule has 0 bridgehead atoms. The average Bonchev–Trinajstić information content (AvgIpc) is 3.41. The van der Waals surface area contributed by atoms with Crippen LogP contribution in [0, 0.1) is 12.7 Å². The Labute approximate surface area is 160 Å². The molecule has 2 aromatic heterocycles. The maximum absolute atomic E-state index is 13.3. The monoisotopic (exact) mass is 385 g/mol. The quantitative estimate of drug-likeness (QED) is 0.708. The largest absolute Gasteiger partial charge is 0.418 e. The minimum atomic E-state index is -0.610. The Morgan fingerprint density at radius 3 is 2.59 bits per heavy atom. The number of carbonyl (C=O) groups excluding carboxylic acids is 1. The Bertz CT molecular complexity index is 942. The van der Waals surface area contributed by atoms with Gasteiger partial charge in [-0.25, -0.2) is 4.39 Å². The molecule has 1 aliphatic carbocycles. The molecule has 1 N–H and O–H groups in total. The Hall–Kier alpha value is -2.54. The normalized spacial score (nSPS) is 15.8. The zero-order valence-corrected chi connectivity index (χ0v) is 15.8. The number of thiophene rings is 1. The minimum Gasteiger partial charge on any atom is -0.418 e. The molecule has 1 fully saturated rings. The lowest BCUT2D eigenvalue weighted by atomic mass is 9.78. The van der Waals surface area contributed by atoms with Gasteiger partial charge in [0.1, 0.15) is 5.82 Å². The summed E-state index contributed by atoms with van der Waals surface area (Å²) in [4.78, 5) is 15.1. The highest BCUT2D eigenvalue weighted by atomic mass is 32.1. The van der Waals surface area contributed by atoms with Gasteiger partial charge in [0.2, 0.25) is 11.8 Å². The lowest BCUT2D eigenvalue weighted by Crippen LogP contribution is -2.42. The van der Waals surface area contributed by atoms with Crippen molar-refractivity contribution in [2.24, 2.45) is 0 Å². The third kappa shape index (κ3) is 3.51. The molecule has 0 unspecified atom stereocenters. The van der Waals surface area contributed by atoms with E-state index in [4.69, 9.17) is 4.42 Å². The Morgan fingerprint density at radius 1 is 1.19 bits per heavy atom. The van der Waals surface area contributed by atoms with Gasteiger partial charge in [-0.2, -0.15) is 0 Å². The number of rotatable bonds is 5. The fraction of sp³-hybridized carbons (Fsp3) is 0.350. The number of carbonyl (C=O) groups is 1. The van der Waals surface area contributed by atoms with Gasteiger partial charge in [0.15, 0.2) is 0 Å². The van der Waals surface area contributed by atoms with Crippen molar-refractivity contribution in [3.8, 4) is 10.8 Å². The van der Waals surface area contributed by atoms with Crippen LogP contribution in [0.4, 0.5) is 4.39 Å². The number of halogens is 1. The molecule has 5 nitrogen and oxygen atoms in total. The smallest absolute Gasteiger partial charge is 0.257 e. The van der Waals surface area contributed by atoms with Gasteiger partial charge >= 0.3 is 0 Å². The second kappa shape index (κ2) is 7.23. The summed E-state index contributed by atoms with van der Waals surface area (Å²) in [6.07, 6.45) is 3.47. The van der Waals surface area contributed by atoms with Gasteiger partial charge in [-0.05, 0) is 49.6 Å². The van der Waals surface area contributed by atoms with E-state index < -0.39 is 5.41 Å². The van der Waals surface area contributed by atoms with Crippen molar-refractivity contribution in [1.82, 2.24) is 15.5 Å². The van der Waals surface area contributed by atoms with E-state index in [1.54, 1.807) is 23.5 Å². The number of aryl methyl sites for hydroxylation is 1. The number of hydrogen-bond donors (Lipinski definition) is 1. The summed E-state index contributed by atoms with van der Waals surface area (Å²) in [6.45, 7) is 2.20. The van der Waals surface area contributed by atoms with Crippen LogP contribution in [0.1, 0.15) is 42.0 Å². The van der Waals surface area contributed by atoms with Crippen molar-refractivity contribution in [1.29, 1.82) is 0 Å². The van der Waals surface area contributed by atoms with Gasteiger partial charge in [0, 0.05) is 4.88 Å². The molecule has 1 aromatic carbocycles. The van der Waals surface area contributed by atoms with E-state index >= 15 is 0 Å². The number of nitrogens with one attached hydrogen (secondary N) is 1. The van der Waals surface area contributed by atoms with Crippen molar-refractivity contribution >= 4 is 17.2 Å². The van der Waals surface area contributed by atoms with Crippen LogP contribution in [0.3, 0.4) is 0 Å². The maximum atomic E-state index is 13.3. The molecule has 140 valence electrons. The van der Waals surface area contributed by atoms with E-state index in [1.807, 2.05) is 19.1 Å². The van der Waals surface area contributed by atoms with Gasteiger partial charge in [0.25, 0.3) is 5.89 Å². The molecule has 0 aliphatic heterocycles. The number of amides is 1. The van der Waals surface area contributed by atoms with Crippen molar-refractivity contribution in [3.63, 3.8) is 0 Å². The molecule has 1 saturated carbocycles. The van der Waals surface area contributed by atoms with Crippen LogP contribution in [-0.4, -0.2) is 16.1 Å². The van der Waals surface area contributed by atoms with Gasteiger partial charge in [0.05, 0.1) is 16.8 Å². The summed E-state index contributed by atoms with van der Waals surface area (Å²) in [5, 5.41) is 11.0. The predicted molar refractivity (Wildman–Crippen MR) is 101 cm³/mol. The number of benzene rings is 1. The van der Waals surface area contributed by atoms with E-state index in [2.05, 4.69) is 15.5 Å². The zero-order chi connectivity index (χ0) is 18.9. The zero-order valence-electron chi connectivity index (χ0n) is 15.0. The van der Waals surface area contributed by atoms with E-state index in [1.165, 1.54) is 17.0 Å². The molecule has 27 heavy (non-hydrogen) atoms. The summed E-state index contributed by atoms with van der Waals surface area (Å²) in [5.41, 5.74) is 0.251. The van der Waals surface area contributed by atoms with E-state index in [-0.39, 0.29) is 18.3 Å². The Balaban J connectivity index is 1.48. The Morgan fingerprint density at radius 2 is 1.93 bits per heavy atom. The highest BCUT2D eigenvalue weighted by molar-refractivity contribution is 7.15. The highest BCUT2D eigenvalue weighted by Gasteiger charge is 2.42. The topological polar surface area (TPSA) is 68.0 Å². The maximum Gasteiger partial charge on any atom is 0.257 e. The second-order valence-electron chi connectivity index (χ2n) is 6.89. The summed E-state index contributed by atoms with van der Waals surface area (Å²) in [7, 11) is 0. The summed E-state index contributed by atoms with van der Waals surface area (Å²) in [5.74, 6) is 0.468. The first-order valence-electron chi connectivity index (χ1n) is 9.00. The van der Waals surface area contributed by atoms with Crippen LogP contribution < -0.4 is 5.32 Å². The molecule has 2 heterocycles. The molecule has 0 radical (unpaired) electrons. The van der Waals surface area contributed by atoms with Gasteiger partial charge in [-0.1, -0.05) is 25.0 Å². The molecule has 3 aromatic rings. The van der Waals surface area contributed by atoms with E-state index in [0.717, 1.165) is 36.1 Å². The number of aromatic nitrogens is 2. The standard InChI is InChI=1S/C20H20FN3O2S/c1-13-4-9-16(27-13)18-24-23-17(26-18)12-22-19(25)20(10-2-3-11-20)14-5-7-15(21)8-6-14/h4-9H,2-3,10-12H2,1H3,(H,22,25). The van der Waals surface area contributed by atoms with Crippen molar-refractivity contribution < 1.29 is 13.6 Å². The van der Waals surface area contributed by atoms with Crippen molar-refractivity contribution in [2.45, 2.75) is 44.6 Å². The van der Waals surface area contributed by atoms with Crippen molar-refractivity contribution in [2.75, 3.05) is 0 Å². The molecule has 0 saturated heterocycles. The summed E-state index contributed by atoms with van der Waals surface area (Å²) >= 11 is 1.58.